The van der Waals surface area contributed by atoms with Gasteiger partial charge in [0.05, 0.1) is 11.1 Å². The summed E-state index contributed by atoms with van der Waals surface area (Å²) in [4.78, 5) is 24.9. The van der Waals surface area contributed by atoms with Crippen molar-refractivity contribution in [3.8, 4) is 5.75 Å². The molecule has 2 fully saturated rings. The highest BCUT2D eigenvalue weighted by atomic mass is 19.1. The van der Waals surface area contributed by atoms with Crippen LogP contribution in [0.4, 0.5) is 4.39 Å². The lowest BCUT2D eigenvalue weighted by atomic mass is 9.66. The van der Waals surface area contributed by atoms with Gasteiger partial charge in [-0.1, -0.05) is 39.0 Å². The fourth-order valence-corrected chi connectivity index (χ4v) is 5.63. The molecule has 5 heteroatoms. The third-order valence-corrected chi connectivity index (χ3v) is 7.54. The fourth-order valence-electron chi connectivity index (χ4n) is 5.63. The van der Waals surface area contributed by atoms with Gasteiger partial charge < -0.3 is 9.47 Å². The third kappa shape index (κ3) is 6.46. The van der Waals surface area contributed by atoms with Gasteiger partial charge in [-0.15, -0.1) is 0 Å². The van der Waals surface area contributed by atoms with E-state index in [0.29, 0.717) is 17.2 Å². The highest BCUT2D eigenvalue weighted by Gasteiger charge is 2.36. The normalized spacial score (nSPS) is 24.2. The van der Waals surface area contributed by atoms with Crippen molar-refractivity contribution in [2.45, 2.75) is 77.2 Å². The first-order valence-corrected chi connectivity index (χ1v) is 12.8. The van der Waals surface area contributed by atoms with Crippen LogP contribution in [0.5, 0.6) is 5.75 Å². The third-order valence-electron chi connectivity index (χ3n) is 7.54. The first kappa shape index (κ1) is 24.4. The van der Waals surface area contributed by atoms with Crippen molar-refractivity contribution in [2.24, 2.45) is 17.8 Å². The van der Waals surface area contributed by atoms with Crippen LogP contribution in [0.15, 0.2) is 48.5 Å². The van der Waals surface area contributed by atoms with Gasteiger partial charge in [-0.3, -0.25) is 0 Å². The molecule has 0 spiro atoms. The number of carbonyl (C=O) groups excluding carboxylic acids is 2. The van der Waals surface area contributed by atoms with E-state index >= 15 is 0 Å². The summed E-state index contributed by atoms with van der Waals surface area (Å²) in [5, 5.41) is 0. The Hall–Kier alpha value is -2.69. The van der Waals surface area contributed by atoms with Crippen LogP contribution in [0, 0.1) is 23.6 Å². The van der Waals surface area contributed by atoms with E-state index in [1.807, 2.05) is 0 Å². The first-order valence-electron chi connectivity index (χ1n) is 12.8. The van der Waals surface area contributed by atoms with Crippen molar-refractivity contribution in [3.63, 3.8) is 0 Å². The molecular weight excluding hydrogens is 431 g/mol. The van der Waals surface area contributed by atoms with Gasteiger partial charge in [-0.25, -0.2) is 14.0 Å². The van der Waals surface area contributed by atoms with Gasteiger partial charge >= 0.3 is 11.9 Å². The Balaban J connectivity index is 1.24. The van der Waals surface area contributed by atoms with E-state index in [1.54, 1.807) is 24.3 Å². The van der Waals surface area contributed by atoms with E-state index in [2.05, 4.69) is 6.92 Å². The minimum absolute atomic E-state index is 0.0126. The highest BCUT2D eigenvalue weighted by Crippen LogP contribution is 2.44. The predicted molar refractivity (Wildman–Crippen MR) is 129 cm³/mol. The van der Waals surface area contributed by atoms with Crippen LogP contribution in [0.3, 0.4) is 0 Å². The number of halogens is 1. The van der Waals surface area contributed by atoms with Crippen molar-refractivity contribution in [3.05, 3.63) is 65.5 Å². The van der Waals surface area contributed by atoms with Crippen LogP contribution in [0.2, 0.25) is 0 Å². The molecule has 2 aliphatic rings. The van der Waals surface area contributed by atoms with Crippen molar-refractivity contribution >= 4 is 11.9 Å². The molecule has 0 radical (unpaired) electrons. The maximum atomic E-state index is 13.0. The average molecular weight is 467 g/mol. The standard InChI is InChI=1S/C29H35FO4/c1-2-3-4-5-20-6-7-24-19-27(17-12-23(24)18-20)34-29(32)22-10-15-26(16-11-22)33-28(31)21-8-13-25(30)14-9-21/h8-11,13-16,20,23-24,27H,2-7,12,17-19H2,1H3/t20-,23-,24+,27-/m1/s1. The Labute approximate surface area is 201 Å². The average Bonchev–Trinajstić information content (AvgIpc) is 2.85. The van der Waals surface area contributed by atoms with Gasteiger partial charge in [0, 0.05) is 0 Å². The van der Waals surface area contributed by atoms with Crippen LogP contribution >= 0.6 is 0 Å². The molecule has 2 aliphatic carbocycles. The van der Waals surface area contributed by atoms with Crippen LogP contribution in [0.1, 0.15) is 91.8 Å². The number of carbonyl (C=O) groups is 2. The van der Waals surface area contributed by atoms with E-state index in [1.165, 1.54) is 69.2 Å². The summed E-state index contributed by atoms with van der Waals surface area (Å²) in [5.74, 6) is 1.38. The van der Waals surface area contributed by atoms with Crippen LogP contribution in [-0.4, -0.2) is 18.0 Å². The van der Waals surface area contributed by atoms with E-state index in [9.17, 15) is 14.0 Å². The van der Waals surface area contributed by atoms with Gasteiger partial charge in [0.25, 0.3) is 0 Å². The largest absolute Gasteiger partial charge is 0.459 e. The lowest BCUT2D eigenvalue weighted by Gasteiger charge is -2.42. The minimum atomic E-state index is -0.577. The zero-order valence-electron chi connectivity index (χ0n) is 20.0. The van der Waals surface area contributed by atoms with Crippen molar-refractivity contribution < 1.29 is 23.5 Å². The smallest absolute Gasteiger partial charge is 0.343 e. The summed E-state index contributed by atoms with van der Waals surface area (Å²) >= 11 is 0. The molecule has 0 saturated heterocycles. The molecule has 2 aromatic rings. The van der Waals surface area contributed by atoms with Crippen LogP contribution in [0.25, 0.3) is 0 Å². The lowest BCUT2D eigenvalue weighted by Crippen LogP contribution is -2.35. The summed E-state index contributed by atoms with van der Waals surface area (Å²) in [6.45, 7) is 2.26. The number of esters is 2. The van der Waals surface area contributed by atoms with Crippen molar-refractivity contribution in [2.75, 3.05) is 0 Å². The number of unbranched alkanes of at least 4 members (excludes halogenated alkanes) is 2. The molecule has 4 rings (SSSR count). The molecule has 4 nitrogen and oxygen atoms in total. The number of rotatable bonds is 8. The molecule has 4 atom stereocenters. The molecule has 0 heterocycles. The predicted octanol–water partition coefficient (Wildman–Crippen LogP) is 7.37. The molecule has 0 aliphatic heterocycles. The Morgan fingerprint density at radius 3 is 2.21 bits per heavy atom. The molecule has 0 bridgehead atoms. The maximum absolute atomic E-state index is 13.0. The van der Waals surface area contributed by atoms with Gasteiger partial charge in [0.15, 0.2) is 0 Å². The summed E-state index contributed by atoms with van der Waals surface area (Å²) in [7, 11) is 0. The fraction of sp³-hybridized carbons (Fsp3) is 0.517. The molecule has 0 N–H and O–H groups in total. The number of fused-ring (bicyclic) bond motifs is 1. The number of hydrogen-bond donors (Lipinski definition) is 0. The highest BCUT2D eigenvalue weighted by molar-refractivity contribution is 5.92. The van der Waals surface area contributed by atoms with Gasteiger partial charge in [0.2, 0.25) is 0 Å². The number of hydrogen-bond acceptors (Lipinski definition) is 4. The lowest BCUT2D eigenvalue weighted by molar-refractivity contribution is -0.00628. The van der Waals surface area contributed by atoms with Gasteiger partial charge in [-0.05, 0) is 98.4 Å². The molecule has 0 unspecified atom stereocenters. The zero-order chi connectivity index (χ0) is 23.9. The number of ether oxygens (including phenoxy) is 2. The van der Waals surface area contributed by atoms with Crippen LogP contribution < -0.4 is 4.74 Å². The quantitative estimate of drug-likeness (QED) is 0.232. The maximum Gasteiger partial charge on any atom is 0.343 e. The summed E-state index contributed by atoms with van der Waals surface area (Å²) in [6, 6.07) is 11.5. The van der Waals surface area contributed by atoms with Gasteiger partial charge in [0.1, 0.15) is 17.7 Å². The second kappa shape index (κ2) is 11.6. The number of benzene rings is 2. The van der Waals surface area contributed by atoms with Crippen molar-refractivity contribution in [1.82, 2.24) is 0 Å². The summed E-state index contributed by atoms with van der Waals surface area (Å²) < 4.78 is 24.2. The molecule has 2 saturated carbocycles. The van der Waals surface area contributed by atoms with Crippen LogP contribution in [-0.2, 0) is 4.74 Å². The molecule has 0 amide bonds. The summed E-state index contributed by atoms with van der Waals surface area (Å²) in [5.41, 5.74) is 0.707. The van der Waals surface area contributed by atoms with Gasteiger partial charge in [-0.2, -0.15) is 0 Å². The molecule has 2 aromatic carbocycles. The van der Waals surface area contributed by atoms with E-state index in [0.717, 1.165) is 31.1 Å². The second-order valence-corrected chi connectivity index (χ2v) is 9.96. The molecular formula is C29H35FO4. The zero-order valence-corrected chi connectivity index (χ0v) is 20.0. The SMILES string of the molecule is CCCCC[C@@H]1CC[C@H]2C[C@H](OC(=O)c3ccc(OC(=O)c4ccc(F)cc4)cc3)CC[C@@H]2C1. The van der Waals surface area contributed by atoms with E-state index in [-0.39, 0.29) is 17.6 Å². The van der Waals surface area contributed by atoms with E-state index in [4.69, 9.17) is 9.47 Å². The molecule has 182 valence electrons. The summed E-state index contributed by atoms with van der Waals surface area (Å²) in [6.07, 6.45) is 12.4. The Morgan fingerprint density at radius 2 is 1.47 bits per heavy atom. The topological polar surface area (TPSA) is 52.6 Å². The molecule has 34 heavy (non-hydrogen) atoms. The monoisotopic (exact) mass is 466 g/mol. The Morgan fingerprint density at radius 1 is 0.824 bits per heavy atom. The molecule has 0 aromatic heterocycles. The first-order chi connectivity index (χ1) is 16.5. The minimum Gasteiger partial charge on any atom is -0.459 e. The van der Waals surface area contributed by atoms with Crippen molar-refractivity contribution in [1.29, 1.82) is 0 Å². The Kier molecular flexibility index (Phi) is 8.36. The van der Waals surface area contributed by atoms with E-state index < -0.39 is 11.8 Å². The Bertz CT molecular complexity index is 953. The second-order valence-electron chi connectivity index (χ2n) is 9.96.